The van der Waals surface area contributed by atoms with E-state index in [-0.39, 0.29) is 17.4 Å². The molecule has 0 radical (unpaired) electrons. The lowest BCUT2D eigenvalue weighted by atomic mass is 9.90. The fraction of sp³-hybridized carbons (Fsp3) is 0.412. The average molecular weight is 600 g/mol. The van der Waals surface area contributed by atoms with E-state index in [0.717, 1.165) is 30.0 Å². The molecule has 0 aliphatic carbocycles. The third kappa shape index (κ3) is 6.26. The molecule has 0 saturated carbocycles. The lowest BCUT2D eigenvalue weighted by Gasteiger charge is -2.27. The smallest absolute Gasteiger partial charge is 0.261 e. The number of fused-ring (bicyclic) bond motifs is 2. The van der Waals surface area contributed by atoms with Crippen LogP contribution in [-0.4, -0.2) is 59.6 Å². The molecule has 0 N–H and O–H groups in total. The maximum absolute atomic E-state index is 13.2. The molecule has 0 unspecified atom stereocenters. The molecular weight excluding hydrogens is 558 g/mol. The molecule has 10 nitrogen and oxygen atoms in total. The van der Waals surface area contributed by atoms with Gasteiger partial charge in [0.15, 0.2) is 0 Å². The predicted octanol–water partition coefficient (Wildman–Crippen LogP) is 4.93. The van der Waals surface area contributed by atoms with E-state index < -0.39 is 5.41 Å². The van der Waals surface area contributed by atoms with Crippen molar-refractivity contribution in [2.45, 2.75) is 54.1 Å². The van der Waals surface area contributed by atoms with E-state index in [4.69, 9.17) is 9.15 Å². The third-order valence-electron chi connectivity index (χ3n) is 8.24. The first-order valence-corrected chi connectivity index (χ1v) is 15.1. The Balaban J connectivity index is 1.26. The molecule has 0 spiro atoms. The normalized spacial score (nSPS) is 14.8. The van der Waals surface area contributed by atoms with Crippen LogP contribution in [0.3, 0.4) is 0 Å². The van der Waals surface area contributed by atoms with Gasteiger partial charge < -0.3 is 23.5 Å². The summed E-state index contributed by atoms with van der Waals surface area (Å²) in [5.41, 5.74) is 2.80. The highest BCUT2D eigenvalue weighted by Crippen LogP contribution is 2.40. The van der Waals surface area contributed by atoms with Crippen molar-refractivity contribution in [2.24, 2.45) is 5.41 Å². The molecule has 10 heteroatoms. The summed E-state index contributed by atoms with van der Waals surface area (Å²) >= 11 is 0. The van der Waals surface area contributed by atoms with Crippen molar-refractivity contribution in [2.75, 3.05) is 43.1 Å². The van der Waals surface area contributed by atoms with Crippen LogP contribution in [0, 0.1) is 19.3 Å². The number of ether oxygens (including phenoxy) is 1. The zero-order valence-electron chi connectivity index (χ0n) is 26.4. The van der Waals surface area contributed by atoms with Crippen LogP contribution in [0.15, 0.2) is 64.1 Å². The van der Waals surface area contributed by atoms with Gasteiger partial charge in [-0.05, 0) is 76.9 Å². The van der Waals surface area contributed by atoms with Gasteiger partial charge in [0, 0.05) is 63.9 Å². The Morgan fingerprint density at radius 1 is 0.977 bits per heavy atom. The Bertz CT molecular complexity index is 1720. The van der Waals surface area contributed by atoms with E-state index in [1.165, 1.54) is 0 Å². The van der Waals surface area contributed by atoms with Crippen molar-refractivity contribution in [3.05, 3.63) is 82.2 Å². The Morgan fingerprint density at radius 2 is 1.77 bits per heavy atom. The zero-order valence-corrected chi connectivity index (χ0v) is 26.4. The van der Waals surface area contributed by atoms with E-state index in [2.05, 4.69) is 16.0 Å². The number of benzene rings is 1. The van der Waals surface area contributed by atoms with Gasteiger partial charge in [0.1, 0.15) is 22.5 Å². The number of hydrogen-bond acceptors (Lipinski definition) is 7. The van der Waals surface area contributed by atoms with Crippen molar-refractivity contribution in [1.29, 1.82) is 0 Å². The zero-order chi connectivity index (χ0) is 31.6. The Hall–Kier alpha value is -4.44. The number of anilines is 2. The molecule has 44 heavy (non-hydrogen) atoms. The fourth-order valence-corrected chi connectivity index (χ4v) is 5.70. The third-order valence-corrected chi connectivity index (χ3v) is 8.24. The van der Waals surface area contributed by atoms with Crippen LogP contribution in [-0.2, 0) is 22.7 Å². The Morgan fingerprint density at radius 3 is 2.50 bits per heavy atom. The number of aryl methyl sites for hydroxylation is 2. The topological polar surface area (TPSA) is 101 Å². The lowest BCUT2D eigenvalue weighted by Crippen LogP contribution is -2.47. The molecule has 3 aromatic heterocycles. The highest BCUT2D eigenvalue weighted by molar-refractivity contribution is 6.20. The van der Waals surface area contributed by atoms with E-state index in [1.807, 2.05) is 57.3 Å². The standard InChI is InChI=1S/C34H41N5O5/c1-7-39-28-12-11-26(20-29(28)36(6)32(41)34(4,5)33(39)42)43-18-8-14-37(22-25-10-9-23(2)35-21-25)16-17-38-15-13-30-27(31(38)40)19-24(3)44-30/h9-13,15,19-21H,7-8,14,16-18,22H2,1-6H3. The molecule has 4 heterocycles. The van der Waals surface area contributed by atoms with Crippen molar-refractivity contribution < 1.29 is 18.7 Å². The van der Waals surface area contributed by atoms with Crippen molar-refractivity contribution in [3.63, 3.8) is 0 Å². The minimum absolute atomic E-state index is 0.0574. The SMILES string of the molecule is CCN1C(=O)C(C)(C)C(=O)N(C)c2cc(OCCCN(CCn3ccc4oc(C)cc4c3=O)Cc3ccc(C)nc3)ccc21. The van der Waals surface area contributed by atoms with Crippen LogP contribution in [0.2, 0.25) is 0 Å². The molecular formula is C34H41N5O5. The van der Waals surface area contributed by atoms with E-state index in [9.17, 15) is 14.4 Å². The molecule has 4 aromatic rings. The first kappa shape index (κ1) is 31.0. The average Bonchev–Trinajstić information content (AvgIpc) is 3.38. The maximum Gasteiger partial charge on any atom is 0.261 e. The number of furan rings is 1. The van der Waals surface area contributed by atoms with Gasteiger partial charge in [-0.3, -0.25) is 24.3 Å². The Kier molecular flexibility index (Phi) is 8.92. The van der Waals surface area contributed by atoms with Crippen molar-refractivity contribution >= 4 is 34.2 Å². The van der Waals surface area contributed by atoms with E-state index in [0.29, 0.717) is 60.9 Å². The second-order valence-corrected chi connectivity index (χ2v) is 11.9. The van der Waals surface area contributed by atoms with Crippen LogP contribution in [0.1, 0.15) is 44.2 Å². The first-order chi connectivity index (χ1) is 21.0. The summed E-state index contributed by atoms with van der Waals surface area (Å²) in [5.74, 6) is 0.890. The lowest BCUT2D eigenvalue weighted by molar-refractivity contribution is -0.137. The molecule has 0 bridgehead atoms. The monoisotopic (exact) mass is 599 g/mol. The summed E-state index contributed by atoms with van der Waals surface area (Å²) in [5, 5.41) is 0.593. The molecule has 1 aromatic carbocycles. The number of amides is 2. The van der Waals surface area contributed by atoms with Gasteiger partial charge >= 0.3 is 0 Å². The highest BCUT2D eigenvalue weighted by Gasteiger charge is 2.45. The molecule has 0 fully saturated rings. The van der Waals surface area contributed by atoms with Crippen LogP contribution in [0.25, 0.3) is 11.0 Å². The molecule has 0 saturated heterocycles. The van der Waals surface area contributed by atoms with E-state index in [1.54, 1.807) is 47.5 Å². The summed E-state index contributed by atoms with van der Waals surface area (Å²) in [6.45, 7) is 12.6. The predicted molar refractivity (Wildman–Crippen MR) is 171 cm³/mol. The van der Waals surface area contributed by atoms with Crippen LogP contribution in [0.4, 0.5) is 11.4 Å². The van der Waals surface area contributed by atoms with Gasteiger partial charge in [-0.25, -0.2) is 0 Å². The number of hydrogen-bond donors (Lipinski definition) is 0. The minimum Gasteiger partial charge on any atom is -0.493 e. The fourth-order valence-electron chi connectivity index (χ4n) is 5.70. The van der Waals surface area contributed by atoms with E-state index >= 15 is 0 Å². The van der Waals surface area contributed by atoms with Gasteiger partial charge in [0.05, 0.1) is 23.4 Å². The molecule has 5 rings (SSSR count). The second-order valence-electron chi connectivity index (χ2n) is 11.9. The number of aromatic nitrogens is 2. The summed E-state index contributed by atoms with van der Waals surface area (Å²) in [6, 6.07) is 13.2. The quantitative estimate of drug-likeness (QED) is 0.178. The molecule has 0 atom stereocenters. The van der Waals surface area contributed by atoms with Crippen LogP contribution in [0.5, 0.6) is 5.75 Å². The second kappa shape index (κ2) is 12.7. The molecule has 232 valence electrons. The summed E-state index contributed by atoms with van der Waals surface area (Å²) in [7, 11) is 1.70. The van der Waals surface area contributed by atoms with Gasteiger partial charge in [0.25, 0.3) is 5.56 Å². The van der Waals surface area contributed by atoms with Crippen LogP contribution < -0.4 is 20.1 Å². The van der Waals surface area contributed by atoms with Gasteiger partial charge in [-0.1, -0.05) is 6.07 Å². The minimum atomic E-state index is -1.16. The number of carbonyl (C=O) groups is 2. The number of nitrogens with zero attached hydrogens (tertiary/aromatic N) is 5. The number of pyridine rings is 2. The Labute approximate surface area is 257 Å². The first-order valence-electron chi connectivity index (χ1n) is 15.1. The van der Waals surface area contributed by atoms with Crippen molar-refractivity contribution in [3.8, 4) is 5.75 Å². The summed E-state index contributed by atoms with van der Waals surface area (Å²) in [4.78, 5) is 49.3. The largest absolute Gasteiger partial charge is 0.493 e. The van der Waals surface area contributed by atoms with Crippen molar-refractivity contribution in [1.82, 2.24) is 14.5 Å². The van der Waals surface area contributed by atoms with Gasteiger partial charge in [0.2, 0.25) is 11.8 Å². The molecule has 2 amide bonds. The maximum atomic E-state index is 13.2. The van der Waals surface area contributed by atoms with Crippen LogP contribution >= 0.6 is 0 Å². The number of rotatable bonds is 11. The molecule has 1 aliphatic heterocycles. The van der Waals surface area contributed by atoms with Gasteiger partial charge in [-0.15, -0.1) is 0 Å². The number of carbonyl (C=O) groups excluding carboxylic acids is 2. The summed E-state index contributed by atoms with van der Waals surface area (Å²) < 4.78 is 13.5. The summed E-state index contributed by atoms with van der Waals surface area (Å²) in [6.07, 6.45) is 4.42. The highest BCUT2D eigenvalue weighted by atomic mass is 16.5. The molecule has 1 aliphatic rings. The van der Waals surface area contributed by atoms with Gasteiger partial charge in [-0.2, -0.15) is 0 Å².